The fourth-order valence-corrected chi connectivity index (χ4v) is 6.26. The second-order valence-corrected chi connectivity index (χ2v) is 11.9. The number of thiophene rings is 1. The van der Waals surface area contributed by atoms with Gasteiger partial charge in [0.15, 0.2) is 0 Å². The third-order valence-corrected chi connectivity index (χ3v) is 9.09. The van der Waals surface area contributed by atoms with Gasteiger partial charge >= 0.3 is 0 Å². The van der Waals surface area contributed by atoms with Crippen molar-refractivity contribution in [3.8, 4) is 5.75 Å². The molecule has 0 aliphatic carbocycles. The van der Waals surface area contributed by atoms with E-state index in [1.165, 1.54) is 28.3 Å². The third kappa shape index (κ3) is 5.55. The number of amides is 1. The Labute approximate surface area is 216 Å². The summed E-state index contributed by atoms with van der Waals surface area (Å²) in [6, 6.07) is 22.3. The number of aryl methyl sites for hydroxylation is 2. The summed E-state index contributed by atoms with van der Waals surface area (Å²) >= 11 is 1.40. The zero-order valence-electron chi connectivity index (χ0n) is 20.8. The number of hydrogen-bond acceptors (Lipinski definition) is 5. The minimum absolute atomic E-state index is 0.0303. The number of anilines is 1. The predicted molar refractivity (Wildman–Crippen MR) is 147 cm³/mol. The first-order valence-electron chi connectivity index (χ1n) is 11.7. The number of sulfonamides is 1. The molecule has 4 aromatic rings. The molecule has 0 radical (unpaired) electrons. The van der Waals surface area contributed by atoms with Crippen molar-refractivity contribution in [3.63, 3.8) is 0 Å². The lowest BCUT2D eigenvalue weighted by Gasteiger charge is -2.20. The summed E-state index contributed by atoms with van der Waals surface area (Å²) in [7, 11) is -0.675. The second kappa shape index (κ2) is 10.7. The van der Waals surface area contributed by atoms with Crippen LogP contribution in [0, 0.1) is 6.92 Å². The van der Waals surface area contributed by atoms with Gasteiger partial charge in [0.1, 0.15) is 5.75 Å². The molecule has 0 unspecified atom stereocenters. The van der Waals surface area contributed by atoms with E-state index < -0.39 is 10.0 Å². The topological polar surface area (TPSA) is 75.7 Å². The van der Waals surface area contributed by atoms with Crippen molar-refractivity contribution < 1.29 is 17.9 Å². The number of nitrogens with one attached hydrogen (secondary N) is 1. The Kier molecular flexibility index (Phi) is 7.66. The maximum absolute atomic E-state index is 13.2. The van der Waals surface area contributed by atoms with Crippen molar-refractivity contribution in [2.75, 3.05) is 18.5 Å². The highest BCUT2D eigenvalue weighted by atomic mass is 32.2. The lowest BCUT2D eigenvalue weighted by Crippen LogP contribution is -2.32. The maximum atomic E-state index is 13.2. The number of carbonyl (C=O) groups excluding carboxylic acids is 1. The van der Waals surface area contributed by atoms with Crippen LogP contribution >= 0.6 is 11.3 Å². The van der Waals surface area contributed by atoms with E-state index in [1.807, 2.05) is 44.2 Å². The monoisotopic (exact) mass is 522 g/mol. The SMILES string of the molecule is COc1ccc(S(=O)(=O)N(C)c2ccc3sc(C(=O)N[C@H](C)CCc4ccccc4)cc3c2)cc1C. The van der Waals surface area contributed by atoms with E-state index in [9.17, 15) is 13.2 Å². The fourth-order valence-electron chi connectivity index (χ4n) is 4.04. The molecule has 4 rings (SSSR count). The van der Waals surface area contributed by atoms with Gasteiger partial charge in [0.25, 0.3) is 15.9 Å². The summed E-state index contributed by atoms with van der Waals surface area (Å²) < 4.78 is 33.9. The zero-order valence-corrected chi connectivity index (χ0v) is 22.4. The molecule has 1 amide bonds. The average molecular weight is 523 g/mol. The number of rotatable bonds is 9. The van der Waals surface area contributed by atoms with Gasteiger partial charge in [-0.1, -0.05) is 30.3 Å². The van der Waals surface area contributed by atoms with Gasteiger partial charge in [-0.05, 0) is 85.7 Å². The van der Waals surface area contributed by atoms with E-state index in [1.54, 1.807) is 37.4 Å². The van der Waals surface area contributed by atoms with E-state index in [-0.39, 0.29) is 16.8 Å². The normalized spacial score (nSPS) is 12.3. The molecule has 0 spiro atoms. The number of benzene rings is 3. The standard InChI is InChI=1S/C28H30N2O4S2/c1-19-16-24(13-14-25(19)34-4)36(32,33)30(3)23-12-15-26-22(17-23)18-27(35-26)28(31)29-20(2)10-11-21-8-6-5-7-9-21/h5-9,12-18,20H,10-11H2,1-4H3,(H,29,31)/t20-/m1/s1. The summed E-state index contributed by atoms with van der Waals surface area (Å²) in [6.07, 6.45) is 1.74. The van der Waals surface area contributed by atoms with Crippen molar-refractivity contribution in [3.05, 3.63) is 88.8 Å². The van der Waals surface area contributed by atoms with Crippen LogP contribution in [0.2, 0.25) is 0 Å². The Morgan fingerprint density at radius 1 is 1.06 bits per heavy atom. The molecule has 0 aliphatic heterocycles. The smallest absolute Gasteiger partial charge is 0.264 e. The number of nitrogens with zero attached hydrogens (tertiary/aromatic N) is 1. The average Bonchev–Trinajstić information content (AvgIpc) is 3.31. The highest BCUT2D eigenvalue weighted by Crippen LogP contribution is 2.32. The van der Waals surface area contributed by atoms with E-state index >= 15 is 0 Å². The van der Waals surface area contributed by atoms with Crippen molar-refractivity contribution in [1.29, 1.82) is 0 Å². The molecule has 0 bridgehead atoms. The Hall–Kier alpha value is -3.36. The number of methoxy groups -OCH3 is 1. The molecule has 36 heavy (non-hydrogen) atoms. The van der Waals surface area contributed by atoms with Crippen LogP contribution in [0.4, 0.5) is 5.69 Å². The second-order valence-electron chi connectivity index (χ2n) is 8.84. The third-order valence-electron chi connectivity index (χ3n) is 6.20. The Bertz CT molecular complexity index is 1480. The highest BCUT2D eigenvalue weighted by molar-refractivity contribution is 7.92. The van der Waals surface area contributed by atoms with Gasteiger partial charge in [0.05, 0.1) is 22.6 Å². The van der Waals surface area contributed by atoms with Crippen molar-refractivity contribution in [2.24, 2.45) is 0 Å². The lowest BCUT2D eigenvalue weighted by atomic mass is 10.1. The molecule has 0 saturated heterocycles. The maximum Gasteiger partial charge on any atom is 0.264 e. The molecule has 6 nitrogen and oxygen atoms in total. The fraction of sp³-hybridized carbons (Fsp3) is 0.250. The molecule has 3 aromatic carbocycles. The largest absolute Gasteiger partial charge is 0.496 e. The van der Waals surface area contributed by atoms with Crippen LogP contribution < -0.4 is 14.4 Å². The van der Waals surface area contributed by atoms with Crippen LogP contribution in [0.5, 0.6) is 5.75 Å². The van der Waals surface area contributed by atoms with Crippen molar-refractivity contribution in [1.82, 2.24) is 5.32 Å². The number of fused-ring (bicyclic) bond motifs is 1. The first-order valence-corrected chi connectivity index (χ1v) is 14.0. The van der Waals surface area contributed by atoms with Gasteiger partial charge in [-0.15, -0.1) is 11.3 Å². The molecule has 1 heterocycles. The summed E-state index contributed by atoms with van der Waals surface area (Å²) in [6.45, 7) is 3.82. The van der Waals surface area contributed by atoms with E-state index in [4.69, 9.17) is 4.74 Å². The van der Waals surface area contributed by atoms with Gasteiger partial charge < -0.3 is 10.1 Å². The predicted octanol–water partition coefficient (Wildman–Crippen LogP) is 5.79. The van der Waals surface area contributed by atoms with Crippen LogP contribution in [0.3, 0.4) is 0 Å². The van der Waals surface area contributed by atoms with Crippen LogP contribution in [-0.2, 0) is 16.4 Å². The van der Waals surface area contributed by atoms with Crippen LogP contribution in [0.25, 0.3) is 10.1 Å². The molecule has 1 atom stereocenters. The van der Waals surface area contributed by atoms with Gasteiger partial charge in [0, 0.05) is 17.8 Å². The molecule has 1 aromatic heterocycles. The molecular formula is C28H30N2O4S2. The van der Waals surface area contributed by atoms with Gasteiger partial charge in [-0.25, -0.2) is 8.42 Å². The molecule has 1 N–H and O–H groups in total. The minimum Gasteiger partial charge on any atom is -0.496 e. The minimum atomic E-state index is -3.76. The quantitative estimate of drug-likeness (QED) is 0.302. The number of carbonyl (C=O) groups is 1. The summed E-state index contributed by atoms with van der Waals surface area (Å²) in [4.78, 5) is 13.7. The van der Waals surface area contributed by atoms with Crippen molar-refractivity contribution >= 4 is 43.0 Å². The van der Waals surface area contributed by atoms with Crippen LogP contribution in [-0.4, -0.2) is 34.5 Å². The lowest BCUT2D eigenvalue weighted by molar-refractivity contribution is 0.0942. The Morgan fingerprint density at radius 3 is 2.50 bits per heavy atom. The first kappa shape index (κ1) is 25.7. The van der Waals surface area contributed by atoms with E-state index in [0.717, 1.165) is 28.5 Å². The molecular weight excluding hydrogens is 492 g/mol. The van der Waals surface area contributed by atoms with Crippen LogP contribution in [0.15, 0.2) is 77.7 Å². The Morgan fingerprint density at radius 2 is 1.81 bits per heavy atom. The van der Waals surface area contributed by atoms with Gasteiger partial charge in [-0.2, -0.15) is 0 Å². The Balaban J connectivity index is 1.48. The summed E-state index contributed by atoms with van der Waals surface area (Å²) in [5.74, 6) is 0.518. The first-order chi connectivity index (χ1) is 17.2. The number of hydrogen-bond donors (Lipinski definition) is 1. The van der Waals surface area contributed by atoms with Crippen molar-refractivity contribution in [2.45, 2.75) is 37.6 Å². The highest BCUT2D eigenvalue weighted by Gasteiger charge is 2.23. The van der Waals surface area contributed by atoms with E-state index in [0.29, 0.717) is 16.3 Å². The summed E-state index contributed by atoms with van der Waals surface area (Å²) in [5.41, 5.74) is 2.52. The molecule has 8 heteroatoms. The molecule has 0 aliphatic rings. The van der Waals surface area contributed by atoms with Gasteiger partial charge in [0.2, 0.25) is 0 Å². The molecule has 188 valence electrons. The number of ether oxygens (including phenoxy) is 1. The molecule has 0 saturated carbocycles. The van der Waals surface area contributed by atoms with E-state index in [2.05, 4.69) is 17.4 Å². The zero-order chi connectivity index (χ0) is 25.9. The van der Waals surface area contributed by atoms with Gasteiger partial charge in [-0.3, -0.25) is 9.10 Å². The summed E-state index contributed by atoms with van der Waals surface area (Å²) in [5, 5.41) is 3.91. The molecule has 0 fully saturated rings. The van der Waals surface area contributed by atoms with Crippen LogP contribution in [0.1, 0.15) is 34.1 Å².